The maximum absolute atomic E-state index is 11.9. The summed E-state index contributed by atoms with van der Waals surface area (Å²) in [6.07, 6.45) is 0. The van der Waals surface area contributed by atoms with E-state index in [0.717, 1.165) is 5.56 Å². The van der Waals surface area contributed by atoms with E-state index in [1.165, 1.54) is 0 Å². The lowest BCUT2D eigenvalue weighted by Gasteiger charge is -2.14. The van der Waals surface area contributed by atoms with E-state index in [1.54, 1.807) is 12.1 Å². The van der Waals surface area contributed by atoms with Gasteiger partial charge in [0, 0.05) is 6.04 Å². The van der Waals surface area contributed by atoms with Crippen LogP contribution in [0.15, 0.2) is 54.6 Å². The summed E-state index contributed by atoms with van der Waals surface area (Å²) in [5.74, 6) is -0.110. The molecule has 1 atom stereocenters. The van der Waals surface area contributed by atoms with Crippen LogP contribution in [0.25, 0.3) is 0 Å². The smallest absolute Gasteiger partial charge is 0.238 e. The van der Waals surface area contributed by atoms with Crippen LogP contribution in [-0.4, -0.2) is 12.5 Å². The van der Waals surface area contributed by atoms with Gasteiger partial charge in [-0.2, -0.15) is 0 Å². The van der Waals surface area contributed by atoms with Gasteiger partial charge in [0.1, 0.15) is 0 Å². The van der Waals surface area contributed by atoms with E-state index in [-0.39, 0.29) is 18.5 Å². The lowest BCUT2D eigenvalue weighted by molar-refractivity contribution is -0.115. The highest BCUT2D eigenvalue weighted by molar-refractivity contribution is 6.33. The van der Waals surface area contributed by atoms with Crippen molar-refractivity contribution in [3.05, 3.63) is 65.2 Å². The van der Waals surface area contributed by atoms with Gasteiger partial charge in [0.2, 0.25) is 5.91 Å². The Hall–Kier alpha value is -1.84. The second-order valence-corrected chi connectivity index (χ2v) is 4.95. The predicted molar refractivity (Wildman–Crippen MR) is 82.9 cm³/mol. The highest BCUT2D eigenvalue weighted by atomic mass is 35.5. The molecule has 0 radical (unpaired) electrons. The molecular weight excluding hydrogens is 272 g/mol. The highest BCUT2D eigenvalue weighted by Gasteiger charge is 2.08. The molecule has 0 bridgehead atoms. The Morgan fingerprint density at radius 2 is 1.75 bits per heavy atom. The fourth-order valence-electron chi connectivity index (χ4n) is 1.86. The number of benzene rings is 2. The number of rotatable bonds is 5. The van der Waals surface area contributed by atoms with Crippen molar-refractivity contribution in [2.75, 3.05) is 11.9 Å². The van der Waals surface area contributed by atoms with Gasteiger partial charge in [0.25, 0.3) is 0 Å². The van der Waals surface area contributed by atoms with Crippen LogP contribution in [0, 0.1) is 0 Å². The van der Waals surface area contributed by atoms with Crippen molar-refractivity contribution in [3.8, 4) is 0 Å². The van der Waals surface area contributed by atoms with E-state index in [9.17, 15) is 4.79 Å². The number of para-hydroxylation sites is 1. The summed E-state index contributed by atoms with van der Waals surface area (Å²) in [5, 5.41) is 6.51. The van der Waals surface area contributed by atoms with E-state index in [2.05, 4.69) is 10.6 Å². The van der Waals surface area contributed by atoms with Gasteiger partial charge >= 0.3 is 0 Å². The predicted octanol–water partition coefficient (Wildman–Crippen LogP) is 3.63. The van der Waals surface area contributed by atoms with Crippen LogP contribution in [-0.2, 0) is 4.79 Å². The molecule has 1 amide bonds. The highest BCUT2D eigenvalue weighted by Crippen LogP contribution is 2.20. The third-order valence-electron chi connectivity index (χ3n) is 3.02. The summed E-state index contributed by atoms with van der Waals surface area (Å²) in [7, 11) is 0. The molecular formula is C16H17ClN2O. The second kappa shape index (κ2) is 7.08. The van der Waals surface area contributed by atoms with Gasteiger partial charge in [-0.3, -0.25) is 4.79 Å². The van der Waals surface area contributed by atoms with Crippen molar-refractivity contribution in [1.82, 2.24) is 5.32 Å². The van der Waals surface area contributed by atoms with Crippen molar-refractivity contribution in [3.63, 3.8) is 0 Å². The van der Waals surface area contributed by atoms with Gasteiger partial charge < -0.3 is 10.6 Å². The number of anilines is 1. The Labute approximate surface area is 124 Å². The van der Waals surface area contributed by atoms with Gasteiger partial charge in [-0.1, -0.05) is 54.1 Å². The third-order valence-corrected chi connectivity index (χ3v) is 3.35. The van der Waals surface area contributed by atoms with Crippen molar-refractivity contribution in [2.45, 2.75) is 13.0 Å². The molecule has 2 aromatic carbocycles. The van der Waals surface area contributed by atoms with Gasteiger partial charge in [0.15, 0.2) is 0 Å². The van der Waals surface area contributed by atoms with Crippen molar-refractivity contribution < 1.29 is 4.79 Å². The summed E-state index contributed by atoms with van der Waals surface area (Å²) in [4.78, 5) is 11.9. The zero-order valence-electron chi connectivity index (χ0n) is 11.3. The average molecular weight is 289 g/mol. The molecule has 0 saturated carbocycles. The Morgan fingerprint density at radius 3 is 2.45 bits per heavy atom. The Bertz CT molecular complexity index is 572. The molecule has 4 heteroatoms. The molecule has 0 aromatic heterocycles. The van der Waals surface area contributed by atoms with Crippen molar-refractivity contribution in [1.29, 1.82) is 0 Å². The molecule has 0 aliphatic carbocycles. The van der Waals surface area contributed by atoms with Crippen LogP contribution in [0.5, 0.6) is 0 Å². The van der Waals surface area contributed by atoms with Crippen molar-refractivity contribution >= 4 is 23.2 Å². The van der Waals surface area contributed by atoms with Crippen LogP contribution in [0.4, 0.5) is 5.69 Å². The Kier molecular flexibility index (Phi) is 5.16. The molecule has 2 rings (SSSR count). The second-order valence-electron chi connectivity index (χ2n) is 4.54. The fraction of sp³-hybridized carbons (Fsp3) is 0.188. The van der Waals surface area contributed by atoms with Gasteiger partial charge in [0.05, 0.1) is 17.3 Å². The number of carbonyl (C=O) groups is 1. The number of hydrogen-bond donors (Lipinski definition) is 2. The van der Waals surface area contributed by atoms with E-state index >= 15 is 0 Å². The number of nitrogens with one attached hydrogen (secondary N) is 2. The zero-order chi connectivity index (χ0) is 14.4. The molecule has 0 saturated heterocycles. The normalized spacial score (nSPS) is 11.9. The summed E-state index contributed by atoms with van der Waals surface area (Å²) in [6.45, 7) is 2.26. The maximum Gasteiger partial charge on any atom is 0.238 e. The lowest BCUT2D eigenvalue weighted by Crippen LogP contribution is -2.30. The van der Waals surface area contributed by atoms with Crippen LogP contribution in [0.2, 0.25) is 5.02 Å². The molecule has 2 N–H and O–H groups in total. The minimum Gasteiger partial charge on any atom is -0.324 e. The molecule has 20 heavy (non-hydrogen) atoms. The minimum absolute atomic E-state index is 0.110. The maximum atomic E-state index is 11.9. The molecule has 0 unspecified atom stereocenters. The monoisotopic (exact) mass is 288 g/mol. The molecule has 3 nitrogen and oxygen atoms in total. The summed E-state index contributed by atoms with van der Waals surface area (Å²) in [6, 6.07) is 17.3. The van der Waals surface area contributed by atoms with Gasteiger partial charge in [-0.05, 0) is 24.6 Å². The van der Waals surface area contributed by atoms with E-state index in [4.69, 9.17) is 11.6 Å². The minimum atomic E-state index is -0.110. The van der Waals surface area contributed by atoms with E-state index in [1.807, 2.05) is 49.4 Å². The molecule has 0 spiro atoms. The third kappa shape index (κ3) is 4.08. The van der Waals surface area contributed by atoms with Crippen molar-refractivity contribution in [2.24, 2.45) is 0 Å². The average Bonchev–Trinajstić information content (AvgIpc) is 2.48. The molecule has 2 aromatic rings. The first-order valence-corrected chi connectivity index (χ1v) is 6.87. The molecule has 104 valence electrons. The lowest BCUT2D eigenvalue weighted by atomic mass is 10.1. The summed E-state index contributed by atoms with van der Waals surface area (Å²) >= 11 is 5.99. The van der Waals surface area contributed by atoms with Gasteiger partial charge in [-0.25, -0.2) is 0 Å². The standard InChI is InChI=1S/C16H17ClN2O/c1-12(13-7-3-2-4-8-13)18-11-16(20)19-15-10-6-5-9-14(15)17/h2-10,12,18H,11H2,1H3,(H,19,20)/t12-/m1/s1. The fourth-order valence-corrected chi connectivity index (χ4v) is 2.05. The topological polar surface area (TPSA) is 41.1 Å². The van der Waals surface area contributed by atoms with Gasteiger partial charge in [-0.15, -0.1) is 0 Å². The van der Waals surface area contributed by atoms with E-state index in [0.29, 0.717) is 10.7 Å². The van der Waals surface area contributed by atoms with E-state index < -0.39 is 0 Å². The first-order chi connectivity index (χ1) is 9.66. The number of halogens is 1. The van der Waals surface area contributed by atoms with Crippen LogP contribution >= 0.6 is 11.6 Å². The SMILES string of the molecule is C[C@@H](NCC(=O)Nc1ccccc1Cl)c1ccccc1. The largest absolute Gasteiger partial charge is 0.324 e. The molecule has 0 aliphatic heterocycles. The van der Waals surface area contributed by atoms with Crippen LogP contribution in [0.3, 0.4) is 0 Å². The number of amides is 1. The van der Waals surface area contributed by atoms with Crippen LogP contribution in [0.1, 0.15) is 18.5 Å². The summed E-state index contributed by atoms with van der Waals surface area (Å²) < 4.78 is 0. The Balaban J connectivity index is 1.85. The number of carbonyl (C=O) groups excluding carboxylic acids is 1. The zero-order valence-corrected chi connectivity index (χ0v) is 12.0. The quantitative estimate of drug-likeness (QED) is 0.882. The van der Waals surface area contributed by atoms with Crippen LogP contribution < -0.4 is 10.6 Å². The first kappa shape index (κ1) is 14.6. The number of hydrogen-bond acceptors (Lipinski definition) is 2. The summed E-state index contributed by atoms with van der Waals surface area (Å²) in [5.41, 5.74) is 1.78. The first-order valence-electron chi connectivity index (χ1n) is 6.49. The molecule has 0 aliphatic rings. The molecule has 0 heterocycles. The Morgan fingerprint density at radius 1 is 1.10 bits per heavy atom. The molecule has 0 fully saturated rings.